The molecule has 1 aliphatic heterocycles. The third-order valence-electron chi connectivity index (χ3n) is 3.48. The monoisotopic (exact) mass is 282 g/mol. The summed E-state index contributed by atoms with van der Waals surface area (Å²) in [5, 5.41) is 2.64. The zero-order valence-electron chi connectivity index (χ0n) is 11.4. The number of hydrogen-bond donors (Lipinski definition) is 1. The number of nitrogens with one attached hydrogen (secondary N) is 1. The molecule has 0 aliphatic carbocycles. The Kier molecular flexibility index (Phi) is 4.01. The molecule has 6 heteroatoms. The number of hydrogen-bond acceptors (Lipinski definition) is 2. The van der Waals surface area contributed by atoms with Crippen LogP contribution in [0.15, 0.2) is 12.1 Å². The second kappa shape index (κ2) is 5.56. The minimum Gasteiger partial charge on any atom is -0.353 e. The predicted octanol–water partition coefficient (Wildman–Crippen LogP) is 1.62. The van der Waals surface area contributed by atoms with E-state index in [4.69, 9.17) is 0 Å². The molecule has 2 amide bonds. The number of amides is 2. The van der Waals surface area contributed by atoms with E-state index in [1.807, 2.05) is 0 Å². The third-order valence-corrected chi connectivity index (χ3v) is 3.48. The summed E-state index contributed by atoms with van der Waals surface area (Å²) in [5.41, 5.74) is -0.387. The fourth-order valence-electron chi connectivity index (χ4n) is 2.36. The van der Waals surface area contributed by atoms with Crippen molar-refractivity contribution in [2.24, 2.45) is 0 Å². The van der Waals surface area contributed by atoms with Crippen LogP contribution in [0.3, 0.4) is 0 Å². The molecule has 0 aromatic heterocycles. The molecule has 0 spiro atoms. The van der Waals surface area contributed by atoms with Crippen molar-refractivity contribution in [2.45, 2.75) is 26.3 Å². The van der Waals surface area contributed by atoms with E-state index in [1.54, 1.807) is 6.92 Å². The fraction of sp³-hybridized carbons (Fsp3) is 0.429. The van der Waals surface area contributed by atoms with Gasteiger partial charge in [-0.05, 0) is 25.0 Å². The second-order valence-electron chi connectivity index (χ2n) is 4.77. The summed E-state index contributed by atoms with van der Waals surface area (Å²) in [6.45, 7) is 3.75. The highest BCUT2D eigenvalue weighted by Gasteiger charge is 2.34. The normalized spacial score (nSPS) is 18.9. The summed E-state index contributed by atoms with van der Waals surface area (Å²) in [6.07, 6.45) is 0.395. The van der Waals surface area contributed by atoms with E-state index in [-0.39, 0.29) is 24.6 Å². The van der Waals surface area contributed by atoms with Crippen molar-refractivity contribution >= 4 is 11.8 Å². The Morgan fingerprint density at radius 2 is 2.15 bits per heavy atom. The molecule has 1 aromatic rings. The van der Waals surface area contributed by atoms with Crippen LogP contribution in [0.2, 0.25) is 0 Å². The first kappa shape index (κ1) is 14.4. The summed E-state index contributed by atoms with van der Waals surface area (Å²) in [5.74, 6) is -2.83. The first-order valence-corrected chi connectivity index (χ1v) is 6.50. The van der Waals surface area contributed by atoms with Crippen molar-refractivity contribution in [1.29, 1.82) is 0 Å². The van der Waals surface area contributed by atoms with Gasteiger partial charge in [0.2, 0.25) is 5.91 Å². The average Bonchev–Trinajstić information content (AvgIpc) is 2.43. The number of carbonyl (C=O) groups excluding carboxylic acids is 2. The van der Waals surface area contributed by atoms with Crippen LogP contribution < -0.4 is 5.32 Å². The first-order chi connectivity index (χ1) is 9.47. The number of benzene rings is 1. The third kappa shape index (κ3) is 2.37. The number of carbonyl (C=O) groups is 2. The van der Waals surface area contributed by atoms with Crippen LogP contribution in [-0.4, -0.2) is 35.8 Å². The summed E-state index contributed by atoms with van der Waals surface area (Å²) < 4.78 is 27.8. The van der Waals surface area contributed by atoms with E-state index in [2.05, 4.69) is 5.32 Å². The Labute approximate surface area is 115 Å². The van der Waals surface area contributed by atoms with Gasteiger partial charge < -0.3 is 10.2 Å². The largest absolute Gasteiger partial charge is 0.353 e. The zero-order valence-corrected chi connectivity index (χ0v) is 11.4. The molecule has 1 N–H and O–H groups in total. The number of aryl methyl sites for hydroxylation is 1. The highest BCUT2D eigenvalue weighted by atomic mass is 19.1. The van der Waals surface area contributed by atoms with E-state index < -0.39 is 29.1 Å². The SMILES string of the molecule is CCC1C(=O)NCCN1C(=O)c1c(F)ccc(C)c1F. The van der Waals surface area contributed by atoms with Gasteiger partial charge in [-0.2, -0.15) is 0 Å². The fourth-order valence-corrected chi connectivity index (χ4v) is 2.36. The Morgan fingerprint density at radius 3 is 2.80 bits per heavy atom. The van der Waals surface area contributed by atoms with E-state index in [0.717, 1.165) is 6.07 Å². The Balaban J connectivity index is 2.40. The quantitative estimate of drug-likeness (QED) is 0.896. The van der Waals surface area contributed by atoms with E-state index in [9.17, 15) is 18.4 Å². The molecule has 1 heterocycles. The van der Waals surface area contributed by atoms with E-state index >= 15 is 0 Å². The van der Waals surface area contributed by atoms with E-state index in [0.29, 0.717) is 6.42 Å². The Bertz CT molecular complexity index is 560. The van der Waals surface area contributed by atoms with Gasteiger partial charge >= 0.3 is 0 Å². The summed E-state index contributed by atoms with van der Waals surface area (Å²) in [4.78, 5) is 25.3. The van der Waals surface area contributed by atoms with Gasteiger partial charge in [-0.15, -0.1) is 0 Å². The van der Waals surface area contributed by atoms with Crippen LogP contribution in [0.4, 0.5) is 8.78 Å². The van der Waals surface area contributed by atoms with Gasteiger partial charge in [0.1, 0.15) is 23.2 Å². The standard InChI is InChI=1S/C14H16F2N2O2/c1-3-10-13(19)17-6-7-18(10)14(20)11-9(15)5-4-8(2)12(11)16/h4-5,10H,3,6-7H2,1-2H3,(H,17,19). The lowest BCUT2D eigenvalue weighted by molar-refractivity contribution is -0.127. The minimum atomic E-state index is -0.904. The smallest absolute Gasteiger partial charge is 0.260 e. The molecule has 1 unspecified atom stereocenters. The lowest BCUT2D eigenvalue weighted by Crippen LogP contribution is -2.57. The number of nitrogens with zero attached hydrogens (tertiary/aromatic N) is 1. The lowest BCUT2D eigenvalue weighted by atomic mass is 10.0. The molecule has 1 atom stereocenters. The first-order valence-electron chi connectivity index (χ1n) is 6.50. The topological polar surface area (TPSA) is 49.4 Å². The van der Waals surface area contributed by atoms with Crippen LogP contribution in [0, 0.1) is 18.6 Å². The average molecular weight is 282 g/mol. The molecule has 2 rings (SSSR count). The molecule has 1 saturated heterocycles. The molecule has 108 valence electrons. The summed E-state index contributed by atoms with van der Waals surface area (Å²) >= 11 is 0. The van der Waals surface area contributed by atoms with Crippen LogP contribution in [0.25, 0.3) is 0 Å². The molecule has 0 bridgehead atoms. The van der Waals surface area contributed by atoms with Crippen molar-refractivity contribution in [2.75, 3.05) is 13.1 Å². The molecular formula is C14H16F2N2O2. The Morgan fingerprint density at radius 1 is 1.45 bits per heavy atom. The van der Waals surface area contributed by atoms with Crippen LogP contribution in [-0.2, 0) is 4.79 Å². The maximum absolute atomic E-state index is 14.0. The van der Waals surface area contributed by atoms with Crippen LogP contribution >= 0.6 is 0 Å². The number of piperazine rings is 1. The summed E-state index contributed by atoms with van der Waals surface area (Å²) in [6, 6.07) is 1.66. The van der Waals surface area contributed by atoms with Crippen molar-refractivity contribution in [3.8, 4) is 0 Å². The van der Waals surface area contributed by atoms with Crippen molar-refractivity contribution in [3.63, 3.8) is 0 Å². The molecular weight excluding hydrogens is 266 g/mol. The summed E-state index contributed by atoms with van der Waals surface area (Å²) in [7, 11) is 0. The second-order valence-corrected chi connectivity index (χ2v) is 4.77. The molecule has 1 aromatic carbocycles. The highest BCUT2D eigenvalue weighted by molar-refractivity contribution is 5.98. The molecule has 20 heavy (non-hydrogen) atoms. The number of halogens is 2. The van der Waals surface area contributed by atoms with Gasteiger partial charge in [0.05, 0.1) is 0 Å². The van der Waals surface area contributed by atoms with Crippen molar-refractivity contribution in [3.05, 3.63) is 34.9 Å². The van der Waals surface area contributed by atoms with Gasteiger partial charge in [-0.3, -0.25) is 9.59 Å². The van der Waals surface area contributed by atoms with Gasteiger partial charge in [0.15, 0.2) is 0 Å². The molecule has 0 radical (unpaired) electrons. The molecule has 4 nitrogen and oxygen atoms in total. The van der Waals surface area contributed by atoms with E-state index in [1.165, 1.54) is 17.9 Å². The number of rotatable bonds is 2. The highest BCUT2D eigenvalue weighted by Crippen LogP contribution is 2.21. The van der Waals surface area contributed by atoms with Crippen LogP contribution in [0.5, 0.6) is 0 Å². The maximum Gasteiger partial charge on any atom is 0.260 e. The zero-order chi connectivity index (χ0) is 14.9. The maximum atomic E-state index is 14.0. The van der Waals surface area contributed by atoms with Gasteiger partial charge in [-0.1, -0.05) is 13.0 Å². The molecule has 1 fully saturated rings. The van der Waals surface area contributed by atoms with Crippen molar-refractivity contribution in [1.82, 2.24) is 10.2 Å². The van der Waals surface area contributed by atoms with Gasteiger partial charge in [0.25, 0.3) is 5.91 Å². The predicted molar refractivity (Wildman–Crippen MR) is 69.2 cm³/mol. The molecule has 1 aliphatic rings. The Hall–Kier alpha value is -1.98. The van der Waals surface area contributed by atoms with Crippen LogP contribution in [0.1, 0.15) is 29.3 Å². The lowest BCUT2D eigenvalue weighted by Gasteiger charge is -2.34. The van der Waals surface area contributed by atoms with Gasteiger partial charge in [0, 0.05) is 13.1 Å². The van der Waals surface area contributed by atoms with Gasteiger partial charge in [-0.25, -0.2) is 8.78 Å². The minimum absolute atomic E-state index is 0.198. The molecule has 0 saturated carbocycles. The van der Waals surface area contributed by atoms with Crippen molar-refractivity contribution < 1.29 is 18.4 Å².